The summed E-state index contributed by atoms with van der Waals surface area (Å²) in [6.07, 6.45) is 3.66. The number of β-lactam (4-membered cyclic amide) rings is 1. The predicted octanol–water partition coefficient (Wildman–Crippen LogP) is 0.399. The van der Waals surface area contributed by atoms with E-state index in [9.17, 15) is 39.3 Å². The van der Waals surface area contributed by atoms with Crippen molar-refractivity contribution in [1.82, 2.24) is 24.9 Å². The van der Waals surface area contributed by atoms with Gasteiger partial charge in [-0.05, 0) is 51.3 Å². The zero-order valence-electron chi connectivity index (χ0n) is 26.7. The number of hydrogen-bond donors (Lipinski definition) is 6. The van der Waals surface area contributed by atoms with E-state index in [-0.39, 0.29) is 33.7 Å². The number of allylic oxidation sites excluding steroid dienone is 1. The van der Waals surface area contributed by atoms with Crippen LogP contribution in [0.25, 0.3) is 0 Å². The van der Waals surface area contributed by atoms with Crippen LogP contribution in [-0.2, 0) is 24.0 Å². The van der Waals surface area contributed by atoms with Crippen LogP contribution in [0.3, 0.4) is 0 Å². The number of carbonyl (C=O) groups is 5. The number of fused-ring (bicyclic) bond motifs is 1. The van der Waals surface area contributed by atoms with Crippen molar-refractivity contribution in [2.24, 2.45) is 5.16 Å². The molecule has 1 aromatic heterocycles. The van der Waals surface area contributed by atoms with Crippen molar-refractivity contribution in [3.63, 3.8) is 0 Å². The number of nitrogen functional groups attached to an aromatic ring is 1. The van der Waals surface area contributed by atoms with Crippen molar-refractivity contribution in [2.45, 2.75) is 50.1 Å². The van der Waals surface area contributed by atoms with Crippen LogP contribution in [-0.4, -0.2) is 125 Å². The fourth-order valence-corrected chi connectivity index (χ4v) is 7.66. The molecule has 0 spiro atoms. The van der Waals surface area contributed by atoms with Gasteiger partial charge in [0.1, 0.15) is 18.0 Å². The average Bonchev–Trinajstić information content (AvgIpc) is 3.50. The van der Waals surface area contributed by atoms with E-state index in [4.69, 9.17) is 10.6 Å². The number of anilines is 1. The Morgan fingerprint density at radius 1 is 1.20 bits per heavy atom. The number of amides is 3. The number of carboxylic acids is 1. The first kappa shape index (κ1) is 35.6. The monoisotopic (exact) mass is 717 g/mol. The number of oxime groups is 1. The Hall–Kier alpha value is -4.75. The van der Waals surface area contributed by atoms with Gasteiger partial charge < -0.3 is 41.0 Å². The van der Waals surface area contributed by atoms with E-state index in [1.165, 1.54) is 48.7 Å². The molecule has 262 valence electrons. The first-order chi connectivity index (χ1) is 23.2. The minimum Gasteiger partial charge on any atom is -0.504 e. The van der Waals surface area contributed by atoms with Crippen LogP contribution in [0.5, 0.6) is 11.5 Å². The number of phenolic OH excluding ortho intramolecular Hbond substituents is 2. The molecule has 1 aromatic carbocycles. The van der Waals surface area contributed by atoms with E-state index >= 15 is 0 Å². The number of carboxylic acid groups (broad SMARTS) is 1. The second-order valence-corrected chi connectivity index (χ2v) is 14.3. The average molecular weight is 718 g/mol. The summed E-state index contributed by atoms with van der Waals surface area (Å²) in [5, 5.41) is 37.3. The molecule has 49 heavy (non-hydrogen) atoms. The van der Waals surface area contributed by atoms with Gasteiger partial charge >= 0.3 is 5.97 Å². The van der Waals surface area contributed by atoms with Crippen LogP contribution >= 0.6 is 23.3 Å². The largest absolute Gasteiger partial charge is 0.504 e. The smallest absolute Gasteiger partial charge is 0.350 e. The minimum absolute atomic E-state index is 0.0316. The van der Waals surface area contributed by atoms with E-state index in [1.54, 1.807) is 0 Å². The molecule has 0 aliphatic carbocycles. The lowest BCUT2D eigenvalue weighted by atomic mass is 10.0. The van der Waals surface area contributed by atoms with Crippen LogP contribution in [0.4, 0.5) is 5.13 Å². The standard InChI is InChI=1S/C30H36N8O9S2/c1-30(2,28(45)46)47-35-21(23-34-29(31)49-36-23)25(43)33-22-26(44)37-18(14-39)17(15-48-27(22)37)13-38(9-4-3-5-10-38)11-8-32-24(42)16-6-7-19(40)20(41)12-16/h6-7,12,14,22,27H,3-5,8-11,13,15H2,1-2H3,(H6-,31,32,33,34,35,36,40,41,42,43,45,46)/p+1. The molecule has 3 aliphatic rings. The fraction of sp³-hybridized carbons (Fsp3) is 0.467. The van der Waals surface area contributed by atoms with Crippen molar-refractivity contribution >= 4 is 64.1 Å². The van der Waals surface area contributed by atoms with Crippen LogP contribution in [0.1, 0.15) is 49.3 Å². The normalized spacial score (nSPS) is 20.6. The highest BCUT2D eigenvalue weighted by molar-refractivity contribution is 8.00. The third-order valence-corrected chi connectivity index (χ3v) is 10.5. The van der Waals surface area contributed by atoms with Crippen molar-refractivity contribution in [1.29, 1.82) is 0 Å². The van der Waals surface area contributed by atoms with E-state index < -0.39 is 46.4 Å². The lowest BCUT2D eigenvalue weighted by molar-refractivity contribution is -0.927. The Balaban J connectivity index is 1.28. The van der Waals surface area contributed by atoms with Crippen molar-refractivity contribution in [2.75, 3.05) is 44.2 Å². The summed E-state index contributed by atoms with van der Waals surface area (Å²) < 4.78 is 4.58. The summed E-state index contributed by atoms with van der Waals surface area (Å²) in [6.45, 7) is 5.52. The lowest BCUT2D eigenvalue weighted by Crippen LogP contribution is -2.71. The Morgan fingerprint density at radius 3 is 2.57 bits per heavy atom. The second-order valence-electron chi connectivity index (χ2n) is 12.5. The quantitative estimate of drug-likeness (QED) is 0.0411. The molecule has 0 bridgehead atoms. The molecule has 2 atom stereocenters. The molecule has 2 aromatic rings. The van der Waals surface area contributed by atoms with Crippen LogP contribution in [0, 0.1) is 0 Å². The molecule has 19 heteroatoms. The minimum atomic E-state index is -1.79. The highest BCUT2D eigenvalue weighted by Crippen LogP contribution is 2.40. The number of benzene rings is 1. The third-order valence-electron chi connectivity index (χ3n) is 8.64. The number of nitrogens with zero attached hydrogens (tertiary/aromatic N) is 5. The number of aromatic nitrogens is 2. The van der Waals surface area contributed by atoms with E-state index in [0.717, 1.165) is 49.5 Å². The molecule has 17 nitrogen and oxygen atoms in total. The molecule has 3 amide bonds. The van der Waals surface area contributed by atoms with Crippen molar-refractivity contribution < 1.29 is 48.6 Å². The van der Waals surface area contributed by atoms with Crippen molar-refractivity contribution in [3.05, 3.63) is 40.9 Å². The number of aromatic hydroxyl groups is 2. The van der Waals surface area contributed by atoms with Gasteiger partial charge in [0, 0.05) is 28.4 Å². The van der Waals surface area contributed by atoms with Crippen molar-refractivity contribution in [3.8, 4) is 11.5 Å². The first-order valence-electron chi connectivity index (χ1n) is 15.4. The number of aldehydes is 1. The molecule has 2 saturated heterocycles. The van der Waals surface area contributed by atoms with E-state index in [0.29, 0.717) is 36.2 Å². The highest BCUT2D eigenvalue weighted by atomic mass is 32.2. The van der Waals surface area contributed by atoms with Gasteiger partial charge in [-0.15, -0.1) is 11.8 Å². The van der Waals surface area contributed by atoms with Gasteiger partial charge in [0.15, 0.2) is 22.9 Å². The molecule has 7 N–H and O–H groups in total. The maximum atomic E-state index is 13.4. The molecule has 2 fully saturated rings. The number of hydrogen-bond acceptors (Lipinski definition) is 14. The van der Waals surface area contributed by atoms with Gasteiger partial charge in [-0.1, -0.05) is 5.16 Å². The summed E-state index contributed by atoms with van der Waals surface area (Å²) in [6, 6.07) is 2.84. The van der Waals surface area contributed by atoms with Crippen LogP contribution in [0.2, 0.25) is 0 Å². The molecule has 0 saturated carbocycles. The molecular weight excluding hydrogens is 681 g/mol. The number of nitrogens with one attached hydrogen (secondary N) is 2. The Labute approximate surface area is 288 Å². The number of likely N-dealkylation sites (tertiary alicyclic amines) is 1. The third kappa shape index (κ3) is 7.62. The van der Waals surface area contributed by atoms with Gasteiger partial charge in [0.05, 0.1) is 31.9 Å². The molecule has 3 aliphatic heterocycles. The number of nitrogens with two attached hydrogens (primary N) is 1. The number of carbonyl (C=O) groups excluding carboxylic acids is 4. The molecular formula is C30H37N8O9S2+. The Kier molecular flexibility index (Phi) is 10.4. The number of aliphatic carboxylic acids is 1. The first-order valence-corrected chi connectivity index (χ1v) is 17.2. The van der Waals surface area contributed by atoms with Gasteiger partial charge in [-0.3, -0.25) is 24.1 Å². The second kappa shape index (κ2) is 14.4. The molecule has 2 unspecified atom stereocenters. The van der Waals surface area contributed by atoms with E-state index in [2.05, 4.69) is 25.1 Å². The summed E-state index contributed by atoms with van der Waals surface area (Å²) >= 11 is 2.19. The number of thioether (sulfide) groups is 1. The predicted molar refractivity (Wildman–Crippen MR) is 177 cm³/mol. The maximum absolute atomic E-state index is 13.4. The van der Waals surface area contributed by atoms with Gasteiger partial charge in [-0.25, -0.2) is 4.79 Å². The number of piperidine rings is 1. The van der Waals surface area contributed by atoms with Crippen LogP contribution < -0.4 is 16.4 Å². The number of quaternary nitrogens is 1. The van der Waals surface area contributed by atoms with E-state index in [1.807, 2.05) is 0 Å². The lowest BCUT2D eigenvalue weighted by Gasteiger charge is -2.50. The van der Waals surface area contributed by atoms with Gasteiger partial charge in [0.2, 0.25) is 17.1 Å². The molecule has 0 radical (unpaired) electrons. The number of rotatable bonds is 13. The summed E-state index contributed by atoms with van der Waals surface area (Å²) in [5.74, 6) is -3.60. The summed E-state index contributed by atoms with van der Waals surface area (Å²) in [5.41, 5.74) is 4.67. The SMILES string of the molecule is CC(C)(O/N=C(\C(=O)NC1C(=O)N2C(C=O)=C(C[N+]3(CCNC(=O)c4ccc(O)c(O)c4)CCCCC3)CSC12)c1nsc(N)n1)C(=O)O. The van der Waals surface area contributed by atoms with Crippen LogP contribution in [0.15, 0.2) is 34.6 Å². The molecule has 5 rings (SSSR count). The number of phenols is 2. The molecule has 4 heterocycles. The zero-order valence-corrected chi connectivity index (χ0v) is 28.4. The summed E-state index contributed by atoms with van der Waals surface area (Å²) in [7, 11) is 0. The van der Waals surface area contributed by atoms with Gasteiger partial charge in [0.25, 0.3) is 17.7 Å². The Morgan fingerprint density at radius 2 is 1.94 bits per heavy atom. The highest BCUT2D eigenvalue weighted by Gasteiger charge is 2.53. The van der Waals surface area contributed by atoms with Gasteiger partial charge in [-0.2, -0.15) is 9.36 Å². The Bertz CT molecular complexity index is 1720. The fourth-order valence-electron chi connectivity index (χ4n) is 5.87. The maximum Gasteiger partial charge on any atom is 0.350 e. The summed E-state index contributed by atoms with van der Waals surface area (Å²) in [4.78, 5) is 73.9. The zero-order chi connectivity index (χ0) is 35.5. The topological polar surface area (TPSA) is 247 Å².